The SMILES string of the molecule is CC(C)NCc1ccc(N2CCNC(=O)C2C)cc1. The van der Waals surface area contributed by atoms with E-state index >= 15 is 0 Å². The summed E-state index contributed by atoms with van der Waals surface area (Å²) in [5.74, 6) is 0.108. The van der Waals surface area contributed by atoms with Gasteiger partial charge >= 0.3 is 0 Å². The normalized spacial score (nSPS) is 19.7. The van der Waals surface area contributed by atoms with E-state index in [1.807, 2.05) is 6.92 Å². The van der Waals surface area contributed by atoms with E-state index in [9.17, 15) is 4.79 Å². The van der Waals surface area contributed by atoms with Crippen molar-refractivity contribution in [3.05, 3.63) is 29.8 Å². The zero-order valence-corrected chi connectivity index (χ0v) is 11.9. The van der Waals surface area contributed by atoms with Gasteiger partial charge < -0.3 is 15.5 Å². The van der Waals surface area contributed by atoms with E-state index in [-0.39, 0.29) is 11.9 Å². The van der Waals surface area contributed by atoms with E-state index in [1.165, 1.54) is 5.56 Å². The van der Waals surface area contributed by atoms with Gasteiger partial charge in [0, 0.05) is 31.4 Å². The molecule has 1 aliphatic rings. The van der Waals surface area contributed by atoms with Crippen LogP contribution in [0.25, 0.3) is 0 Å². The van der Waals surface area contributed by atoms with Crippen molar-refractivity contribution >= 4 is 11.6 Å². The summed E-state index contributed by atoms with van der Waals surface area (Å²) in [6.45, 7) is 8.71. The third-order valence-corrected chi connectivity index (χ3v) is 3.48. The summed E-state index contributed by atoms with van der Waals surface area (Å²) in [5.41, 5.74) is 2.39. The minimum atomic E-state index is -0.0895. The van der Waals surface area contributed by atoms with Gasteiger partial charge in [0.25, 0.3) is 0 Å². The van der Waals surface area contributed by atoms with Crippen molar-refractivity contribution < 1.29 is 4.79 Å². The van der Waals surface area contributed by atoms with Crippen molar-refractivity contribution in [1.29, 1.82) is 0 Å². The molecule has 4 heteroatoms. The van der Waals surface area contributed by atoms with Crippen LogP contribution >= 0.6 is 0 Å². The molecule has 1 heterocycles. The largest absolute Gasteiger partial charge is 0.358 e. The first-order valence-corrected chi connectivity index (χ1v) is 6.94. The minimum Gasteiger partial charge on any atom is -0.358 e. The molecule has 0 radical (unpaired) electrons. The number of nitrogens with one attached hydrogen (secondary N) is 2. The highest BCUT2D eigenvalue weighted by Crippen LogP contribution is 2.19. The molecule has 1 unspecified atom stereocenters. The molecule has 0 saturated carbocycles. The van der Waals surface area contributed by atoms with Crippen LogP contribution in [0.3, 0.4) is 0 Å². The van der Waals surface area contributed by atoms with Crippen LogP contribution in [-0.4, -0.2) is 31.1 Å². The average Bonchev–Trinajstić information content (AvgIpc) is 2.40. The molecule has 1 aliphatic heterocycles. The molecule has 0 aromatic heterocycles. The highest BCUT2D eigenvalue weighted by molar-refractivity contribution is 5.86. The summed E-state index contributed by atoms with van der Waals surface area (Å²) >= 11 is 0. The molecule has 2 rings (SSSR count). The van der Waals surface area contributed by atoms with E-state index in [2.05, 4.69) is 53.6 Å². The molecule has 1 aromatic carbocycles. The number of rotatable bonds is 4. The number of piperazine rings is 1. The highest BCUT2D eigenvalue weighted by Gasteiger charge is 2.25. The monoisotopic (exact) mass is 261 g/mol. The number of amides is 1. The van der Waals surface area contributed by atoms with Crippen LogP contribution in [0.2, 0.25) is 0 Å². The lowest BCUT2D eigenvalue weighted by Gasteiger charge is -2.34. The quantitative estimate of drug-likeness (QED) is 0.863. The third kappa shape index (κ3) is 3.47. The van der Waals surface area contributed by atoms with E-state index in [0.29, 0.717) is 6.04 Å². The fraction of sp³-hybridized carbons (Fsp3) is 0.533. The fourth-order valence-electron chi connectivity index (χ4n) is 2.26. The molecule has 2 N–H and O–H groups in total. The maximum absolute atomic E-state index is 11.7. The van der Waals surface area contributed by atoms with Gasteiger partial charge in [-0.25, -0.2) is 0 Å². The molecule has 1 aromatic rings. The topological polar surface area (TPSA) is 44.4 Å². The van der Waals surface area contributed by atoms with E-state index < -0.39 is 0 Å². The lowest BCUT2D eigenvalue weighted by Crippen LogP contribution is -2.54. The predicted molar refractivity (Wildman–Crippen MR) is 78.2 cm³/mol. The smallest absolute Gasteiger partial charge is 0.242 e. The van der Waals surface area contributed by atoms with E-state index in [0.717, 1.165) is 25.3 Å². The van der Waals surface area contributed by atoms with E-state index in [4.69, 9.17) is 0 Å². The molecular formula is C15H23N3O. The predicted octanol–water partition coefficient (Wildman–Crippen LogP) is 1.51. The molecule has 1 atom stereocenters. The van der Waals surface area contributed by atoms with Gasteiger partial charge in [0.1, 0.15) is 6.04 Å². The van der Waals surface area contributed by atoms with Crippen LogP contribution in [0, 0.1) is 0 Å². The molecule has 19 heavy (non-hydrogen) atoms. The van der Waals surface area contributed by atoms with Crippen molar-refractivity contribution in [2.45, 2.75) is 39.4 Å². The first kappa shape index (κ1) is 13.9. The lowest BCUT2D eigenvalue weighted by molar-refractivity contribution is -0.122. The Hall–Kier alpha value is -1.55. The fourth-order valence-corrected chi connectivity index (χ4v) is 2.26. The van der Waals surface area contributed by atoms with Crippen LogP contribution in [0.5, 0.6) is 0 Å². The molecule has 104 valence electrons. The van der Waals surface area contributed by atoms with Crippen LogP contribution < -0.4 is 15.5 Å². The molecule has 0 spiro atoms. The number of hydrogen-bond acceptors (Lipinski definition) is 3. The third-order valence-electron chi connectivity index (χ3n) is 3.48. The Morgan fingerprint density at radius 2 is 2.05 bits per heavy atom. The summed E-state index contributed by atoms with van der Waals surface area (Å²) in [6.07, 6.45) is 0. The lowest BCUT2D eigenvalue weighted by atomic mass is 10.1. The second-order valence-electron chi connectivity index (χ2n) is 5.36. The Bertz CT molecular complexity index is 428. The Balaban J connectivity index is 2.03. The van der Waals surface area contributed by atoms with E-state index in [1.54, 1.807) is 0 Å². The zero-order valence-electron chi connectivity index (χ0n) is 11.9. The van der Waals surface area contributed by atoms with Crippen molar-refractivity contribution in [2.75, 3.05) is 18.0 Å². The average molecular weight is 261 g/mol. The summed E-state index contributed by atoms with van der Waals surface area (Å²) in [4.78, 5) is 13.8. The molecule has 4 nitrogen and oxygen atoms in total. The summed E-state index contributed by atoms with van der Waals surface area (Å²) in [7, 11) is 0. The van der Waals surface area contributed by atoms with Gasteiger partial charge in [-0.05, 0) is 24.6 Å². The second-order valence-corrected chi connectivity index (χ2v) is 5.36. The van der Waals surface area contributed by atoms with Gasteiger partial charge in [-0.3, -0.25) is 4.79 Å². The Kier molecular flexibility index (Phi) is 4.43. The number of carbonyl (C=O) groups is 1. The van der Waals surface area contributed by atoms with Crippen molar-refractivity contribution in [3.63, 3.8) is 0 Å². The maximum atomic E-state index is 11.7. The van der Waals surface area contributed by atoms with Gasteiger partial charge in [-0.15, -0.1) is 0 Å². The first-order chi connectivity index (χ1) is 9.08. The molecule has 1 saturated heterocycles. The van der Waals surface area contributed by atoms with Crippen molar-refractivity contribution in [2.24, 2.45) is 0 Å². The summed E-state index contributed by atoms with van der Waals surface area (Å²) < 4.78 is 0. The molecule has 0 aliphatic carbocycles. The van der Waals surface area contributed by atoms with Gasteiger partial charge in [-0.1, -0.05) is 26.0 Å². The molecule has 1 fully saturated rings. The highest BCUT2D eigenvalue weighted by atomic mass is 16.2. The number of carbonyl (C=O) groups excluding carboxylic acids is 1. The van der Waals surface area contributed by atoms with Gasteiger partial charge in [0.05, 0.1) is 0 Å². The maximum Gasteiger partial charge on any atom is 0.242 e. The van der Waals surface area contributed by atoms with Crippen LogP contribution in [0.15, 0.2) is 24.3 Å². The second kappa shape index (κ2) is 6.06. The Morgan fingerprint density at radius 1 is 1.37 bits per heavy atom. The Morgan fingerprint density at radius 3 is 2.68 bits per heavy atom. The van der Waals surface area contributed by atoms with Gasteiger partial charge in [0.15, 0.2) is 0 Å². The van der Waals surface area contributed by atoms with Crippen LogP contribution in [0.4, 0.5) is 5.69 Å². The summed E-state index contributed by atoms with van der Waals surface area (Å²) in [6, 6.07) is 8.87. The molecule has 0 bridgehead atoms. The number of nitrogens with zero attached hydrogens (tertiary/aromatic N) is 1. The van der Waals surface area contributed by atoms with Gasteiger partial charge in [0.2, 0.25) is 5.91 Å². The first-order valence-electron chi connectivity index (χ1n) is 6.94. The standard InChI is InChI=1S/C15H23N3O/c1-11(2)17-10-13-4-6-14(7-5-13)18-9-8-16-15(19)12(18)3/h4-7,11-12,17H,8-10H2,1-3H3,(H,16,19). The zero-order chi connectivity index (χ0) is 13.8. The van der Waals surface area contributed by atoms with Crippen LogP contribution in [0.1, 0.15) is 26.3 Å². The molecular weight excluding hydrogens is 238 g/mol. The number of benzene rings is 1. The van der Waals surface area contributed by atoms with Crippen LogP contribution in [-0.2, 0) is 11.3 Å². The number of anilines is 1. The van der Waals surface area contributed by atoms with Gasteiger partial charge in [-0.2, -0.15) is 0 Å². The molecule has 1 amide bonds. The van der Waals surface area contributed by atoms with Crippen molar-refractivity contribution in [1.82, 2.24) is 10.6 Å². The number of hydrogen-bond donors (Lipinski definition) is 2. The summed E-state index contributed by atoms with van der Waals surface area (Å²) in [5, 5.41) is 6.28. The van der Waals surface area contributed by atoms with Crippen molar-refractivity contribution in [3.8, 4) is 0 Å². The minimum absolute atomic E-state index is 0.0895. The Labute approximate surface area is 115 Å².